The van der Waals surface area contributed by atoms with Gasteiger partial charge >= 0.3 is 0 Å². The lowest BCUT2D eigenvalue weighted by atomic mass is 10.1. The first-order chi connectivity index (χ1) is 15.5. The van der Waals surface area contributed by atoms with Gasteiger partial charge in [-0.05, 0) is 48.4 Å². The summed E-state index contributed by atoms with van der Waals surface area (Å²) in [7, 11) is -2.50. The van der Waals surface area contributed by atoms with Crippen LogP contribution in [0.15, 0.2) is 77.7 Å². The predicted octanol–water partition coefficient (Wildman–Crippen LogP) is 3.23. The molecule has 0 aliphatic rings. The summed E-state index contributed by atoms with van der Waals surface area (Å²) in [5, 5.41) is 2.77. The second-order valence-corrected chi connectivity index (χ2v) is 9.18. The summed E-state index contributed by atoms with van der Waals surface area (Å²) in [6.07, 6.45) is 0.174. The van der Waals surface area contributed by atoms with Crippen molar-refractivity contribution in [2.45, 2.75) is 17.4 Å². The van der Waals surface area contributed by atoms with Gasteiger partial charge in [-0.2, -0.15) is 13.5 Å². The zero-order valence-electron chi connectivity index (χ0n) is 17.1. The third kappa shape index (κ3) is 4.93. The molecule has 0 saturated carbocycles. The number of amides is 1. The number of methoxy groups -OCH3 is 1. The number of sulfonamides is 1. The number of hydrogen-bond acceptors (Lipinski definition) is 7. The molecule has 0 aliphatic heterocycles. The van der Waals surface area contributed by atoms with Gasteiger partial charge in [-0.1, -0.05) is 36.4 Å². The second-order valence-electron chi connectivity index (χ2n) is 6.97. The first kappa shape index (κ1) is 21.9. The molecule has 1 heterocycles. The molecule has 1 atom stereocenters. The van der Waals surface area contributed by atoms with E-state index in [1.807, 2.05) is 30.3 Å². The van der Waals surface area contributed by atoms with Crippen molar-refractivity contribution < 1.29 is 17.9 Å². The third-order valence-electron chi connectivity index (χ3n) is 4.79. The van der Waals surface area contributed by atoms with Crippen LogP contribution in [0, 0.1) is 0 Å². The van der Waals surface area contributed by atoms with Crippen LogP contribution in [-0.2, 0) is 21.2 Å². The molecule has 1 aromatic heterocycles. The predicted molar refractivity (Wildman–Crippen MR) is 123 cm³/mol. The summed E-state index contributed by atoms with van der Waals surface area (Å²) in [6, 6.07) is 19.7. The Hall–Kier alpha value is -3.34. The molecule has 32 heavy (non-hydrogen) atoms. The highest BCUT2D eigenvalue weighted by Crippen LogP contribution is 2.22. The van der Waals surface area contributed by atoms with E-state index in [1.54, 1.807) is 43.5 Å². The fraction of sp³-hybridized carbons (Fsp3) is 0.136. The highest BCUT2D eigenvalue weighted by atomic mass is 32.2. The molecule has 4 rings (SSSR count). The number of benzene rings is 3. The molecule has 2 N–H and O–H groups in total. The molecule has 0 radical (unpaired) electrons. The first-order valence-corrected chi connectivity index (χ1v) is 11.9. The Morgan fingerprint density at radius 1 is 1.00 bits per heavy atom. The normalized spacial score (nSPS) is 12.4. The van der Waals surface area contributed by atoms with Crippen molar-refractivity contribution >= 4 is 44.4 Å². The van der Waals surface area contributed by atoms with Gasteiger partial charge in [0.1, 0.15) is 27.7 Å². The largest absolute Gasteiger partial charge is 0.497 e. The van der Waals surface area contributed by atoms with Gasteiger partial charge in [-0.15, -0.1) is 0 Å². The number of fused-ring (bicyclic) bond motifs is 1. The Balaban J connectivity index is 1.62. The number of carbonyl (C=O) groups is 1. The molecule has 10 heteroatoms. The van der Waals surface area contributed by atoms with E-state index in [-0.39, 0.29) is 16.8 Å². The summed E-state index contributed by atoms with van der Waals surface area (Å²) in [4.78, 5) is 13.1. The van der Waals surface area contributed by atoms with Crippen LogP contribution in [0.3, 0.4) is 0 Å². The van der Waals surface area contributed by atoms with E-state index in [4.69, 9.17) is 4.74 Å². The Morgan fingerprint density at radius 2 is 1.75 bits per heavy atom. The van der Waals surface area contributed by atoms with Gasteiger partial charge in [0.25, 0.3) is 0 Å². The molecule has 0 spiro atoms. The van der Waals surface area contributed by atoms with Crippen LogP contribution < -0.4 is 14.8 Å². The molecule has 0 saturated heterocycles. The lowest BCUT2D eigenvalue weighted by Gasteiger charge is -2.19. The standard InChI is InChI=1S/C22H20N4O4S2/c1-30-17-12-10-16(11-13-17)23-22(27)19(14-15-6-3-2-4-7-15)26-32(28,29)20-9-5-8-18-21(20)25-31-24-18/h2-13,19,26H,14H2,1H3,(H,23,27)/t19-/m0/s1. The highest BCUT2D eigenvalue weighted by molar-refractivity contribution is 7.89. The van der Waals surface area contributed by atoms with E-state index < -0.39 is 22.0 Å². The minimum absolute atomic E-state index is 0.0148. The zero-order valence-corrected chi connectivity index (χ0v) is 18.7. The second kappa shape index (κ2) is 9.43. The van der Waals surface area contributed by atoms with Gasteiger partial charge in [0.2, 0.25) is 15.9 Å². The van der Waals surface area contributed by atoms with Gasteiger partial charge in [0.15, 0.2) is 0 Å². The maximum atomic E-state index is 13.2. The topological polar surface area (TPSA) is 110 Å². The number of carbonyl (C=O) groups excluding carboxylic acids is 1. The van der Waals surface area contributed by atoms with Crippen LogP contribution in [0.1, 0.15) is 5.56 Å². The van der Waals surface area contributed by atoms with Crippen LogP contribution in [0.4, 0.5) is 5.69 Å². The first-order valence-electron chi connectivity index (χ1n) is 9.69. The molecule has 3 aromatic carbocycles. The fourth-order valence-electron chi connectivity index (χ4n) is 3.19. The number of anilines is 1. The minimum Gasteiger partial charge on any atom is -0.497 e. The Labute approximate surface area is 189 Å². The Bertz CT molecular complexity index is 1320. The summed E-state index contributed by atoms with van der Waals surface area (Å²) in [5.41, 5.74) is 2.11. The molecule has 0 fully saturated rings. The van der Waals surface area contributed by atoms with E-state index in [2.05, 4.69) is 18.8 Å². The molecule has 0 bridgehead atoms. The van der Waals surface area contributed by atoms with Crippen molar-refractivity contribution in [3.8, 4) is 5.75 Å². The van der Waals surface area contributed by atoms with Crippen LogP contribution in [0.25, 0.3) is 11.0 Å². The quantitative estimate of drug-likeness (QED) is 0.411. The SMILES string of the molecule is COc1ccc(NC(=O)[C@H](Cc2ccccc2)NS(=O)(=O)c2cccc3nsnc23)cc1. The number of hydrogen-bond donors (Lipinski definition) is 2. The summed E-state index contributed by atoms with van der Waals surface area (Å²) >= 11 is 0.934. The molecule has 4 aromatic rings. The Morgan fingerprint density at radius 3 is 2.47 bits per heavy atom. The van der Waals surface area contributed by atoms with Crippen LogP contribution >= 0.6 is 11.7 Å². The van der Waals surface area contributed by atoms with Crippen molar-refractivity contribution in [3.05, 3.63) is 78.4 Å². The van der Waals surface area contributed by atoms with Crippen LogP contribution in [0.5, 0.6) is 5.75 Å². The molecular formula is C22H20N4O4S2. The van der Waals surface area contributed by atoms with Gasteiger partial charge in [-0.3, -0.25) is 4.79 Å². The lowest BCUT2D eigenvalue weighted by molar-refractivity contribution is -0.117. The van der Waals surface area contributed by atoms with Crippen molar-refractivity contribution in [2.24, 2.45) is 0 Å². The van der Waals surface area contributed by atoms with Crippen LogP contribution in [-0.4, -0.2) is 36.2 Å². The van der Waals surface area contributed by atoms with E-state index in [0.717, 1.165) is 17.3 Å². The minimum atomic E-state index is -4.05. The van der Waals surface area contributed by atoms with Crippen molar-refractivity contribution in [1.29, 1.82) is 0 Å². The average Bonchev–Trinajstić information content (AvgIpc) is 3.28. The summed E-state index contributed by atoms with van der Waals surface area (Å²) < 4.78 is 42.3. The van der Waals surface area contributed by atoms with Crippen molar-refractivity contribution in [1.82, 2.24) is 13.5 Å². The van der Waals surface area contributed by atoms with Crippen molar-refractivity contribution in [2.75, 3.05) is 12.4 Å². The molecule has 164 valence electrons. The fourth-order valence-corrected chi connectivity index (χ4v) is 5.15. The summed E-state index contributed by atoms with van der Waals surface area (Å²) in [6.45, 7) is 0. The molecular weight excluding hydrogens is 448 g/mol. The monoisotopic (exact) mass is 468 g/mol. The van der Waals surface area contributed by atoms with E-state index in [0.29, 0.717) is 17.0 Å². The third-order valence-corrected chi connectivity index (χ3v) is 6.84. The van der Waals surface area contributed by atoms with Gasteiger partial charge < -0.3 is 10.1 Å². The number of ether oxygens (including phenoxy) is 1. The number of rotatable bonds is 8. The number of nitrogens with zero attached hydrogens (tertiary/aromatic N) is 2. The maximum absolute atomic E-state index is 13.2. The molecule has 8 nitrogen and oxygen atoms in total. The van der Waals surface area contributed by atoms with Crippen LogP contribution in [0.2, 0.25) is 0 Å². The van der Waals surface area contributed by atoms with E-state index in [1.165, 1.54) is 6.07 Å². The molecule has 0 aliphatic carbocycles. The van der Waals surface area contributed by atoms with Crippen molar-refractivity contribution in [3.63, 3.8) is 0 Å². The summed E-state index contributed by atoms with van der Waals surface area (Å²) in [5.74, 6) is 0.167. The molecule has 1 amide bonds. The van der Waals surface area contributed by atoms with E-state index >= 15 is 0 Å². The number of nitrogens with one attached hydrogen (secondary N) is 2. The number of aromatic nitrogens is 2. The van der Waals surface area contributed by atoms with E-state index in [9.17, 15) is 13.2 Å². The Kier molecular flexibility index (Phi) is 6.45. The lowest BCUT2D eigenvalue weighted by Crippen LogP contribution is -2.45. The highest BCUT2D eigenvalue weighted by Gasteiger charge is 2.28. The smallest absolute Gasteiger partial charge is 0.243 e. The van der Waals surface area contributed by atoms with Gasteiger partial charge in [0, 0.05) is 5.69 Å². The maximum Gasteiger partial charge on any atom is 0.243 e. The zero-order chi connectivity index (χ0) is 22.6. The average molecular weight is 469 g/mol. The van der Waals surface area contributed by atoms with Gasteiger partial charge in [-0.25, -0.2) is 8.42 Å². The molecule has 0 unspecified atom stereocenters. The van der Waals surface area contributed by atoms with Gasteiger partial charge in [0.05, 0.1) is 18.8 Å².